The summed E-state index contributed by atoms with van der Waals surface area (Å²) in [5.41, 5.74) is 7.83. The molecule has 0 saturated heterocycles. The molecule has 10 heteroatoms. The van der Waals surface area contributed by atoms with Gasteiger partial charge in [-0.1, -0.05) is 30.7 Å². The molecule has 0 fully saturated rings. The molecule has 0 spiro atoms. The fourth-order valence-corrected chi connectivity index (χ4v) is 3.68. The molecule has 0 aliphatic rings. The molecule has 0 aliphatic heterocycles. The maximum atomic E-state index is 13.2. The molecule has 2 N–H and O–H groups in total. The number of nitrogens with two attached hydrogens (primary N) is 1. The van der Waals surface area contributed by atoms with Crippen LogP contribution in [0, 0.1) is 0 Å². The summed E-state index contributed by atoms with van der Waals surface area (Å²) >= 11 is 5.98. The zero-order valence-electron chi connectivity index (χ0n) is 19.3. The fraction of sp³-hybridized carbons (Fsp3) is 0.240. The van der Waals surface area contributed by atoms with E-state index in [9.17, 15) is 9.59 Å². The smallest absolute Gasteiger partial charge is 0.320 e. The Labute approximate surface area is 206 Å². The quantitative estimate of drug-likeness (QED) is 0.353. The van der Waals surface area contributed by atoms with Crippen LogP contribution in [0.4, 0.5) is 0 Å². The van der Waals surface area contributed by atoms with Gasteiger partial charge < -0.3 is 19.9 Å². The van der Waals surface area contributed by atoms with Gasteiger partial charge in [-0.25, -0.2) is 4.52 Å². The highest BCUT2D eigenvalue weighted by Gasteiger charge is 2.16. The van der Waals surface area contributed by atoms with Crippen LogP contribution in [-0.4, -0.2) is 46.5 Å². The van der Waals surface area contributed by atoms with Crippen LogP contribution in [0.5, 0.6) is 11.5 Å². The number of aromatic nitrogens is 3. The summed E-state index contributed by atoms with van der Waals surface area (Å²) in [6.07, 6.45) is 3.38. The molecule has 182 valence electrons. The molecule has 0 amide bonds. The summed E-state index contributed by atoms with van der Waals surface area (Å²) in [5.74, 6) is 0.384. The lowest BCUT2D eigenvalue weighted by Gasteiger charge is -2.18. The Morgan fingerprint density at radius 3 is 2.57 bits per heavy atom. The average Bonchev–Trinajstić information content (AvgIpc) is 3.32. The zero-order valence-corrected chi connectivity index (χ0v) is 20.1. The summed E-state index contributed by atoms with van der Waals surface area (Å²) in [5, 5.41) is 5.03. The van der Waals surface area contributed by atoms with Crippen molar-refractivity contribution in [1.29, 1.82) is 0 Å². The minimum atomic E-state index is -0.491. The van der Waals surface area contributed by atoms with E-state index >= 15 is 0 Å². The van der Waals surface area contributed by atoms with E-state index in [1.165, 1.54) is 18.0 Å². The van der Waals surface area contributed by atoms with Gasteiger partial charge in [0.15, 0.2) is 11.5 Å². The molecule has 2 aromatic heterocycles. The normalized spacial score (nSPS) is 11.9. The molecule has 1 unspecified atom stereocenters. The first-order valence-electron chi connectivity index (χ1n) is 11.0. The van der Waals surface area contributed by atoms with Crippen molar-refractivity contribution < 1.29 is 19.0 Å². The molecule has 0 bridgehead atoms. The summed E-state index contributed by atoms with van der Waals surface area (Å²) in [6.45, 7) is 1.83. The van der Waals surface area contributed by atoms with Gasteiger partial charge in [-0.15, -0.1) is 0 Å². The molecule has 4 rings (SSSR count). The molecule has 4 aromatic rings. The number of methoxy groups -OCH3 is 1. The van der Waals surface area contributed by atoms with Gasteiger partial charge in [0.1, 0.15) is 24.6 Å². The van der Waals surface area contributed by atoms with Crippen LogP contribution < -0.4 is 20.8 Å². The number of ether oxygens (including phenoxy) is 3. The summed E-state index contributed by atoms with van der Waals surface area (Å²) in [6, 6.07) is 14.3. The lowest BCUT2D eigenvalue weighted by atomic mass is 10.1. The lowest BCUT2D eigenvalue weighted by Crippen LogP contribution is -2.28. The Morgan fingerprint density at radius 1 is 1.11 bits per heavy atom. The van der Waals surface area contributed by atoms with Gasteiger partial charge in [-0.05, 0) is 42.3 Å². The molecular weight excluding hydrogens is 472 g/mol. The van der Waals surface area contributed by atoms with Gasteiger partial charge in [0.25, 0.3) is 5.56 Å². The maximum absolute atomic E-state index is 13.2. The third kappa shape index (κ3) is 5.31. The topological polar surface area (TPSA) is 110 Å². The van der Waals surface area contributed by atoms with E-state index in [-0.39, 0.29) is 18.7 Å². The third-order valence-electron chi connectivity index (χ3n) is 5.48. The zero-order chi connectivity index (χ0) is 24.9. The van der Waals surface area contributed by atoms with E-state index in [0.717, 1.165) is 11.1 Å². The van der Waals surface area contributed by atoms with E-state index in [0.29, 0.717) is 34.1 Å². The molecule has 1 atom stereocenters. The van der Waals surface area contributed by atoms with Crippen LogP contribution in [0.1, 0.15) is 13.3 Å². The molecule has 35 heavy (non-hydrogen) atoms. The average molecular weight is 497 g/mol. The van der Waals surface area contributed by atoms with Gasteiger partial charge in [-0.2, -0.15) is 5.10 Å². The predicted molar refractivity (Wildman–Crippen MR) is 133 cm³/mol. The highest BCUT2D eigenvalue weighted by molar-refractivity contribution is 6.30. The Hall–Kier alpha value is -3.82. The van der Waals surface area contributed by atoms with Crippen molar-refractivity contribution in [2.45, 2.75) is 19.4 Å². The Bertz CT molecular complexity index is 1400. The monoisotopic (exact) mass is 496 g/mol. The number of esters is 1. The van der Waals surface area contributed by atoms with Gasteiger partial charge in [0.2, 0.25) is 0 Å². The van der Waals surface area contributed by atoms with Crippen LogP contribution in [0.2, 0.25) is 5.02 Å². The lowest BCUT2D eigenvalue weighted by molar-refractivity contribution is -0.148. The van der Waals surface area contributed by atoms with Crippen molar-refractivity contribution >= 4 is 23.1 Å². The van der Waals surface area contributed by atoms with Crippen molar-refractivity contribution in [2.75, 3.05) is 20.3 Å². The summed E-state index contributed by atoms with van der Waals surface area (Å²) < 4.78 is 19.5. The highest BCUT2D eigenvalue weighted by Crippen LogP contribution is 2.30. The second-order valence-electron chi connectivity index (χ2n) is 7.74. The molecule has 9 nitrogen and oxygen atoms in total. The number of rotatable bonds is 9. The van der Waals surface area contributed by atoms with Crippen molar-refractivity contribution in [2.24, 2.45) is 5.73 Å². The Morgan fingerprint density at radius 2 is 1.89 bits per heavy atom. The van der Waals surface area contributed by atoms with E-state index < -0.39 is 12.1 Å². The van der Waals surface area contributed by atoms with Crippen LogP contribution in [0.25, 0.3) is 22.3 Å². The van der Waals surface area contributed by atoms with Crippen LogP contribution >= 0.6 is 11.6 Å². The largest absolute Gasteiger partial charge is 0.493 e. The predicted octanol–water partition coefficient (Wildman–Crippen LogP) is 3.47. The van der Waals surface area contributed by atoms with Crippen LogP contribution in [0.3, 0.4) is 0 Å². The molecular formula is C25H25ClN4O5. The first-order chi connectivity index (χ1) is 16.9. The fourth-order valence-electron chi connectivity index (χ4n) is 3.55. The SMILES string of the molecule is CCC(COc1ccc(-n2cnn3cc(-c4ccc(Cl)cc4)cc3c2=O)cc1OC)OC(=O)CN. The third-order valence-corrected chi connectivity index (χ3v) is 5.73. The van der Waals surface area contributed by atoms with Crippen LogP contribution in [0.15, 0.2) is 65.8 Å². The van der Waals surface area contributed by atoms with E-state index in [4.69, 9.17) is 31.5 Å². The minimum Gasteiger partial charge on any atom is -0.493 e. The number of fused-ring (bicyclic) bond motifs is 1. The number of carbonyl (C=O) groups excluding carboxylic acids is 1. The number of hydrogen-bond donors (Lipinski definition) is 1. The standard InChI is InChI=1S/C25H25ClN4O5/c1-3-20(35-24(31)12-27)14-34-22-9-8-19(11-23(22)33-2)29-15-28-30-13-17(10-21(30)25(29)32)16-4-6-18(26)7-5-16/h4-11,13,15,20H,3,12,14,27H2,1-2H3. The second kappa shape index (κ2) is 10.6. The number of nitrogens with zero attached hydrogens (tertiary/aromatic N) is 3. The van der Waals surface area contributed by atoms with Crippen molar-refractivity contribution in [1.82, 2.24) is 14.2 Å². The van der Waals surface area contributed by atoms with Crippen molar-refractivity contribution in [3.8, 4) is 28.3 Å². The molecule has 0 radical (unpaired) electrons. The van der Waals surface area contributed by atoms with Gasteiger partial charge >= 0.3 is 5.97 Å². The van der Waals surface area contributed by atoms with Gasteiger partial charge in [0.05, 0.1) is 19.3 Å². The number of benzene rings is 2. The first kappa shape index (κ1) is 24.3. The summed E-state index contributed by atoms with van der Waals surface area (Å²) in [4.78, 5) is 24.7. The Kier molecular flexibility index (Phi) is 7.38. The first-order valence-corrected chi connectivity index (χ1v) is 11.4. The second-order valence-corrected chi connectivity index (χ2v) is 8.18. The molecule has 0 aliphatic carbocycles. The minimum absolute atomic E-state index is 0.142. The van der Waals surface area contributed by atoms with Crippen LogP contribution in [-0.2, 0) is 9.53 Å². The summed E-state index contributed by atoms with van der Waals surface area (Å²) in [7, 11) is 1.51. The van der Waals surface area contributed by atoms with Crippen molar-refractivity contribution in [3.63, 3.8) is 0 Å². The van der Waals surface area contributed by atoms with Crippen molar-refractivity contribution in [3.05, 3.63) is 76.4 Å². The number of carbonyl (C=O) groups is 1. The van der Waals surface area contributed by atoms with Gasteiger partial charge in [0, 0.05) is 22.8 Å². The van der Waals surface area contributed by atoms with E-state index in [1.54, 1.807) is 47.1 Å². The number of halogens is 1. The molecule has 2 aromatic carbocycles. The maximum Gasteiger partial charge on any atom is 0.320 e. The molecule has 2 heterocycles. The Balaban J connectivity index is 1.60. The van der Waals surface area contributed by atoms with E-state index in [1.807, 2.05) is 19.1 Å². The highest BCUT2D eigenvalue weighted by atomic mass is 35.5. The van der Waals surface area contributed by atoms with E-state index in [2.05, 4.69) is 5.10 Å². The number of hydrogen-bond acceptors (Lipinski definition) is 7. The molecule has 0 saturated carbocycles. The van der Waals surface area contributed by atoms with Gasteiger partial charge in [-0.3, -0.25) is 14.2 Å².